The van der Waals surface area contributed by atoms with Gasteiger partial charge in [-0.05, 0) is 25.5 Å². The van der Waals surface area contributed by atoms with E-state index >= 15 is 0 Å². The summed E-state index contributed by atoms with van der Waals surface area (Å²) >= 11 is 0. The van der Waals surface area contributed by atoms with E-state index in [1.807, 2.05) is 19.1 Å². The summed E-state index contributed by atoms with van der Waals surface area (Å²) < 4.78 is 0. The van der Waals surface area contributed by atoms with Crippen LogP contribution in [0.1, 0.15) is 12.1 Å². The second-order valence-electron chi connectivity index (χ2n) is 3.42. The first kappa shape index (κ1) is 8.51. The average Bonchev–Trinajstić information content (AvgIpc) is 2.52. The molecule has 1 radical (unpaired) electrons. The molecule has 1 aromatic heterocycles. The summed E-state index contributed by atoms with van der Waals surface area (Å²) in [6.45, 7) is 3.53. The number of pyridine rings is 1. The molecule has 1 fully saturated rings. The predicted molar refractivity (Wildman–Crippen MR) is 50.6 cm³/mol. The molecule has 0 saturated carbocycles. The summed E-state index contributed by atoms with van der Waals surface area (Å²) in [4.78, 5) is 6.45. The van der Waals surface area contributed by atoms with E-state index in [1.165, 1.54) is 0 Å². The minimum Gasteiger partial charge on any atom is -0.391 e. The quantitative estimate of drug-likeness (QED) is 0.688. The summed E-state index contributed by atoms with van der Waals surface area (Å²) in [5, 5.41) is 9.35. The van der Waals surface area contributed by atoms with Gasteiger partial charge in [-0.2, -0.15) is 0 Å². The highest BCUT2D eigenvalue weighted by atomic mass is 16.3. The van der Waals surface area contributed by atoms with Crippen LogP contribution in [-0.4, -0.2) is 29.3 Å². The van der Waals surface area contributed by atoms with E-state index in [0.717, 1.165) is 24.5 Å². The zero-order chi connectivity index (χ0) is 9.26. The molecular formula is C10H13N2O. The average molecular weight is 177 g/mol. The van der Waals surface area contributed by atoms with Crippen molar-refractivity contribution in [2.75, 3.05) is 18.0 Å². The second-order valence-corrected chi connectivity index (χ2v) is 3.42. The van der Waals surface area contributed by atoms with Gasteiger partial charge in [0.05, 0.1) is 6.10 Å². The van der Waals surface area contributed by atoms with Crippen LogP contribution in [0.25, 0.3) is 0 Å². The van der Waals surface area contributed by atoms with Crippen LogP contribution < -0.4 is 4.90 Å². The molecule has 1 N–H and O–H groups in total. The molecular weight excluding hydrogens is 164 g/mol. The second kappa shape index (κ2) is 3.34. The van der Waals surface area contributed by atoms with Gasteiger partial charge in [0.2, 0.25) is 0 Å². The van der Waals surface area contributed by atoms with Gasteiger partial charge in [-0.3, -0.25) is 0 Å². The Kier molecular flexibility index (Phi) is 2.19. The van der Waals surface area contributed by atoms with Crippen LogP contribution in [-0.2, 0) is 0 Å². The Labute approximate surface area is 78.0 Å². The van der Waals surface area contributed by atoms with Gasteiger partial charge < -0.3 is 10.0 Å². The number of hydrogen-bond donors (Lipinski definition) is 1. The van der Waals surface area contributed by atoms with Gasteiger partial charge in [-0.1, -0.05) is 0 Å². The molecule has 1 aliphatic heterocycles. The van der Waals surface area contributed by atoms with Crippen LogP contribution in [0.2, 0.25) is 0 Å². The molecule has 0 bridgehead atoms. The number of aliphatic hydroxyl groups is 1. The SMILES string of the molecule is Cc1[c]ccc(N2CCC(O)C2)n1. The first-order chi connectivity index (χ1) is 6.25. The van der Waals surface area contributed by atoms with Crippen molar-refractivity contribution in [2.24, 2.45) is 0 Å². The van der Waals surface area contributed by atoms with Gasteiger partial charge in [0.1, 0.15) is 5.82 Å². The van der Waals surface area contributed by atoms with Gasteiger partial charge in [-0.15, -0.1) is 0 Å². The Hall–Kier alpha value is -1.09. The third kappa shape index (κ3) is 1.80. The molecule has 0 spiro atoms. The fourth-order valence-corrected chi connectivity index (χ4v) is 1.60. The smallest absolute Gasteiger partial charge is 0.128 e. The van der Waals surface area contributed by atoms with Gasteiger partial charge in [-0.25, -0.2) is 4.98 Å². The molecule has 0 aliphatic carbocycles. The molecule has 2 rings (SSSR count). The summed E-state index contributed by atoms with van der Waals surface area (Å²) in [7, 11) is 0. The molecule has 3 nitrogen and oxygen atoms in total. The van der Waals surface area contributed by atoms with Gasteiger partial charge >= 0.3 is 0 Å². The Balaban J connectivity index is 2.16. The maximum atomic E-state index is 9.35. The molecule has 1 saturated heterocycles. The maximum Gasteiger partial charge on any atom is 0.128 e. The molecule has 69 valence electrons. The maximum absolute atomic E-state index is 9.35. The highest BCUT2D eigenvalue weighted by Crippen LogP contribution is 2.17. The van der Waals surface area contributed by atoms with Crippen molar-refractivity contribution in [3.8, 4) is 0 Å². The van der Waals surface area contributed by atoms with Crippen molar-refractivity contribution in [3.05, 3.63) is 23.9 Å². The lowest BCUT2D eigenvalue weighted by atomic mass is 10.3. The standard InChI is InChI=1S/C10H13N2O/c1-8-3-2-4-10(11-8)12-6-5-9(13)7-12/h2,4,9,13H,5-7H2,1H3. The lowest BCUT2D eigenvalue weighted by Crippen LogP contribution is -2.22. The Morgan fingerprint density at radius 2 is 2.54 bits per heavy atom. The summed E-state index contributed by atoms with van der Waals surface area (Å²) in [5.41, 5.74) is 0.902. The van der Waals surface area contributed by atoms with Crippen LogP contribution in [0, 0.1) is 13.0 Å². The van der Waals surface area contributed by atoms with Gasteiger partial charge in [0.15, 0.2) is 0 Å². The number of aromatic nitrogens is 1. The molecule has 13 heavy (non-hydrogen) atoms. The third-order valence-corrected chi connectivity index (χ3v) is 2.29. The van der Waals surface area contributed by atoms with Crippen molar-refractivity contribution >= 4 is 5.82 Å². The molecule has 1 aromatic rings. The highest BCUT2D eigenvalue weighted by Gasteiger charge is 2.20. The third-order valence-electron chi connectivity index (χ3n) is 2.29. The van der Waals surface area contributed by atoms with E-state index < -0.39 is 0 Å². The van der Waals surface area contributed by atoms with Crippen LogP contribution in [0.15, 0.2) is 12.1 Å². The van der Waals surface area contributed by atoms with Gasteiger partial charge in [0.25, 0.3) is 0 Å². The van der Waals surface area contributed by atoms with Crippen molar-refractivity contribution < 1.29 is 5.11 Å². The van der Waals surface area contributed by atoms with E-state index in [4.69, 9.17) is 0 Å². The molecule has 1 unspecified atom stereocenters. The van der Waals surface area contributed by atoms with E-state index in [9.17, 15) is 5.11 Å². The zero-order valence-electron chi connectivity index (χ0n) is 7.70. The molecule has 1 atom stereocenters. The van der Waals surface area contributed by atoms with E-state index in [0.29, 0.717) is 6.54 Å². The number of aliphatic hydroxyl groups excluding tert-OH is 1. The van der Waals surface area contributed by atoms with E-state index in [1.54, 1.807) is 0 Å². The molecule has 0 amide bonds. The first-order valence-corrected chi connectivity index (χ1v) is 4.54. The van der Waals surface area contributed by atoms with Crippen molar-refractivity contribution in [3.63, 3.8) is 0 Å². The largest absolute Gasteiger partial charge is 0.391 e. The monoisotopic (exact) mass is 177 g/mol. The molecule has 3 heteroatoms. The molecule has 0 aromatic carbocycles. The number of hydrogen-bond acceptors (Lipinski definition) is 3. The summed E-state index contributed by atoms with van der Waals surface area (Å²) in [6.07, 6.45) is 0.658. The normalized spacial score (nSPS) is 22.3. The minimum absolute atomic E-state index is 0.189. The number of rotatable bonds is 1. The fourth-order valence-electron chi connectivity index (χ4n) is 1.60. The van der Waals surface area contributed by atoms with E-state index in [-0.39, 0.29) is 6.10 Å². The fraction of sp³-hybridized carbons (Fsp3) is 0.500. The number of anilines is 1. The van der Waals surface area contributed by atoms with Crippen molar-refractivity contribution in [1.82, 2.24) is 4.98 Å². The lowest BCUT2D eigenvalue weighted by Gasteiger charge is -2.16. The first-order valence-electron chi connectivity index (χ1n) is 4.54. The van der Waals surface area contributed by atoms with Crippen LogP contribution in [0.3, 0.4) is 0 Å². The topological polar surface area (TPSA) is 36.4 Å². The molecule has 2 heterocycles. The lowest BCUT2D eigenvalue weighted by molar-refractivity contribution is 0.198. The zero-order valence-corrected chi connectivity index (χ0v) is 7.70. The molecule has 1 aliphatic rings. The Morgan fingerprint density at radius 3 is 3.15 bits per heavy atom. The minimum atomic E-state index is -0.189. The van der Waals surface area contributed by atoms with Gasteiger partial charge in [0, 0.05) is 24.8 Å². The number of aryl methyl sites for hydroxylation is 1. The van der Waals surface area contributed by atoms with Crippen LogP contribution >= 0.6 is 0 Å². The summed E-state index contributed by atoms with van der Waals surface area (Å²) in [6, 6.07) is 6.82. The predicted octanol–water partition coefficient (Wildman–Crippen LogP) is 0.761. The summed E-state index contributed by atoms with van der Waals surface area (Å²) in [5.74, 6) is 0.952. The highest BCUT2D eigenvalue weighted by molar-refractivity contribution is 5.40. The van der Waals surface area contributed by atoms with Crippen molar-refractivity contribution in [2.45, 2.75) is 19.4 Å². The van der Waals surface area contributed by atoms with Crippen molar-refractivity contribution in [1.29, 1.82) is 0 Å². The van der Waals surface area contributed by atoms with Crippen LogP contribution in [0.4, 0.5) is 5.82 Å². The number of β-amino-alcohol motifs (C(OH)–C–C–N with tert-alkyl or cyclic N) is 1. The Morgan fingerprint density at radius 1 is 1.69 bits per heavy atom. The number of nitrogens with zero attached hydrogens (tertiary/aromatic N) is 2. The van der Waals surface area contributed by atoms with E-state index in [2.05, 4.69) is 16.0 Å². The van der Waals surface area contributed by atoms with Crippen LogP contribution in [0.5, 0.6) is 0 Å². The Bertz CT molecular complexity index is 301.